The molecule has 3 saturated heterocycles. The van der Waals surface area contributed by atoms with Gasteiger partial charge in [0.25, 0.3) is 0 Å². The van der Waals surface area contributed by atoms with Crippen molar-refractivity contribution >= 4 is 50.3 Å². The molecule has 13 atom stereocenters. The second kappa shape index (κ2) is 28.3. The average Bonchev–Trinajstić information content (AvgIpc) is 3.39. The monoisotopic (exact) mass is 1110 g/mol. The molecule has 1 amide bonds. The van der Waals surface area contributed by atoms with Gasteiger partial charge in [-0.05, 0) is 101 Å². The number of allylic oxidation sites excluding steroid dienone is 3. The first-order chi connectivity index (χ1) is 36.3. The van der Waals surface area contributed by atoms with E-state index in [1.807, 2.05) is 60.0 Å². The zero-order valence-corrected chi connectivity index (χ0v) is 47.5. The van der Waals surface area contributed by atoms with Crippen molar-refractivity contribution in [2.75, 3.05) is 34.2 Å². The number of ketones is 1. The van der Waals surface area contributed by atoms with Gasteiger partial charge in [-0.15, -0.1) is 6.42 Å². The molecule has 0 radical (unpaired) electrons. The maximum atomic E-state index is 14.2. The number of alkyl carbamates (subject to hydrolysis) is 1. The lowest BCUT2D eigenvalue weighted by Gasteiger charge is -2.41. The molecule has 0 bridgehead atoms. The van der Waals surface area contributed by atoms with Crippen LogP contribution in [-0.4, -0.2) is 139 Å². The summed E-state index contributed by atoms with van der Waals surface area (Å²) in [5, 5.41) is 24.3. The Bertz CT molecular complexity index is 2580. The predicted molar refractivity (Wildman–Crippen MR) is 290 cm³/mol. The van der Waals surface area contributed by atoms with Crippen LogP contribution >= 0.6 is 33.3 Å². The highest BCUT2D eigenvalue weighted by molar-refractivity contribution is 8.76. The van der Waals surface area contributed by atoms with Crippen LogP contribution in [0.25, 0.3) is 0 Å². The lowest BCUT2D eigenvalue weighted by Crippen LogP contribution is -2.56. The lowest BCUT2D eigenvalue weighted by molar-refractivity contribution is -0.266. The Morgan fingerprint density at radius 1 is 0.895 bits per heavy atom. The number of aryl methyl sites for hydroxylation is 2. The van der Waals surface area contributed by atoms with Gasteiger partial charge in [0.2, 0.25) is 17.2 Å². The highest BCUT2D eigenvalue weighted by atomic mass is 33.1. The number of carbonyl (C=O) groups is 3. The van der Waals surface area contributed by atoms with Crippen LogP contribution in [0.5, 0.6) is 17.2 Å². The number of aliphatic hydroxyl groups is 2. The predicted octanol–water partition coefficient (Wildman–Crippen LogP) is 7.54. The number of terminal acetylenes is 1. The number of Topliss-reactive ketones (excluding diaryl/α,β-unsaturated/α-hetero) is 1. The van der Waals surface area contributed by atoms with Gasteiger partial charge in [-0.25, -0.2) is 4.79 Å². The van der Waals surface area contributed by atoms with Crippen LogP contribution in [0.15, 0.2) is 52.4 Å². The van der Waals surface area contributed by atoms with Crippen LogP contribution in [0.1, 0.15) is 92.4 Å². The number of rotatable bonds is 18. The number of pyridine rings is 1. The SMILES string of the molecule is C#C/C=C\C#C[C@H](OC1CC(O)[C@H](NOC2CC[C@H](SC(=O)c3c(C)c(C)c(OC4C[C@H](OC)C(O)[C@H](C)O4)c(OC)c3OC)C(C)O2)C(C)O1)C1=C(NC(=O)OC)C(=O)CC(C)/C1=C/CSSc1c(C)cncc1C. The van der Waals surface area contributed by atoms with Crippen molar-refractivity contribution in [3.63, 3.8) is 0 Å². The number of thioether (sulfide) groups is 1. The molecule has 1 aromatic heterocycles. The first-order valence-corrected chi connectivity index (χ1v) is 28.3. The van der Waals surface area contributed by atoms with Crippen LogP contribution in [-0.2, 0) is 38.1 Å². The Morgan fingerprint density at radius 2 is 1.59 bits per heavy atom. The fraction of sp³-hybridized carbons (Fsp3) is 0.564. The summed E-state index contributed by atoms with van der Waals surface area (Å²) < 4.78 is 53.6. The topological polar surface area (TPSA) is 221 Å². The number of hydrogen-bond acceptors (Lipinski definition) is 20. The summed E-state index contributed by atoms with van der Waals surface area (Å²) in [5.41, 5.74) is 7.85. The van der Waals surface area contributed by atoms with E-state index in [1.165, 1.54) is 40.6 Å². The quantitative estimate of drug-likeness (QED) is 0.0490. The normalized spacial score (nSPS) is 28.8. The maximum absolute atomic E-state index is 14.2. The second-order valence-electron chi connectivity index (χ2n) is 18.9. The summed E-state index contributed by atoms with van der Waals surface area (Å²) in [6.45, 7) is 15.0. The Balaban J connectivity index is 1.11. The van der Waals surface area contributed by atoms with Crippen molar-refractivity contribution in [1.82, 2.24) is 15.8 Å². The fourth-order valence-corrected chi connectivity index (χ4v) is 13.0. The van der Waals surface area contributed by atoms with Gasteiger partial charge < -0.3 is 52.8 Å². The van der Waals surface area contributed by atoms with Gasteiger partial charge in [-0.2, -0.15) is 5.48 Å². The summed E-state index contributed by atoms with van der Waals surface area (Å²) in [6, 6.07) is -0.720. The standard InChI is InChI=1S/C55H71N3O15S3/c1-14-15-16-17-18-39(46-36(28(2)23-37(59)48(46)57-55(63)67-13)21-22-74-76-53-29(3)26-56-27-30(53)4)71-43-24-38(60)47(34(8)69-43)58-73-42-20-19-41(33(7)68-42)75-54(62)45-31(5)32(6)50(52(66-12)51(45)65-11)72-44-25-40(64-10)49(61)35(9)70-44/h1,15-16,21,26-28,33-35,38-44,47,49,58,60-61H,19-20,22-25H2,2-13H3,(H,57,63)/b16-15-,36-21-/t28?,33?,34?,35-,38?,39-,40-,41-,42?,43?,44?,47+,49?/m0/s1. The maximum Gasteiger partial charge on any atom is 0.411 e. The van der Waals surface area contributed by atoms with E-state index >= 15 is 0 Å². The minimum Gasteiger partial charge on any atom is -0.492 e. The first-order valence-electron chi connectivity index (χ1n) is 25.1. The molecule has 0 saturated carbocycles. The van der Waals surface area contributed by atoms with Gasteiger partial charge >= 0.3 is 6.09 Å². The smallest absolute Gasteiger partial charge is 0.411 e. The molecule has 8 unspecified atom stereocenters. The Kier molecular flexibility index (Phi) is 22.6. The molecule has 76 heavy (non-hydrogen) atoms. The Labute approximate surface area is 458 Å². The third-order valence-corrected chi connectivity index (χ3v) is 17.5. The molecule has 4 N–H and O–H groups in total. The fourth-order valence-electron chi connectivity index (χ4n) is 9.46. The van der Waals surface area contributed by atoms with Crippen molar-refractivity contribution in [2.24, 2.45) is 5.92 Å². The van der Waals surface area contributed by atoms with E-state index in [0.29, 0.717) is 46.6 Å². The number of methoxy groups -OCH3 is 4. The molecule has 6 rings (SSSR count). The largest absolute Gasteiger partial charge is 0.492 e. The number of carbonyl (C=O) groups excluding carboxylic acids is 3. The summed E-state index contributed by atoms with van der Waals surface area (Å²) in [7, 11) is 8.91. The number of benzene rings is 1. The minimum atomic E-state index is -1.13. The number of aliphatic hydroxyl groups excluding tert-OH is 2. The number of nitrogens with one attached hydrogen (secondary N) is 2. The number of ether oxygens (including phenoxy) is 9. The van der Waals surface area contributed by atoms with Crippen molar-refractivity contribution in [1.29, 1.82) is 0 Å². The number of nitrogens with zero attached hydrogens (tertiary/aromatic N) is 1. The van der Waals surface area contributed by atoms with E-state index in [9.17, 15) is 24.6 Å². The van der Waals surface area contributed by atoms with Gasteiger partial charge in [0.15, 0.2) is 29.9 Å². The van der Waals surface area contributed by atoms with Crippen LogP contribution < -0.4 is 25.0 Å². The number of hydroxylamine groups is 1. The zero-order chi connectivity index (χ0) is 55.4. The first kappa shape index (κ1) is 60.6. The number of hydrogen-bond donors (Lipinski definition) is 4. The summed E-state index contributed by atoms with van der Waals surface area (Å²) >= 11 is 1.14. The van der Waals surface area contributed by atoms with Gasteiger partial charge in [0.1, 0.15) is 12.2 Å². The van der Waals surface area contributed by atoms with Crippen molar-refractivity contribution < 1.29 is 72.1 Å². The van der Waals surface area contributed by atoms with Crippen molar-refractivity contribution in [3.05, 3.63) is 75.3 Å². The molecule has 0 spiro atoms. The van der Waals surface area contributed by atoms with E-state index < -0.39 is 73.7 Å². The lowest BCUT2D eigenvalue weighted by atomic mass is 9.79. The van der Waals surface area contributed by atoms with Crippen LogP contribution in [0.4, 0.5) is 4.79 Å². The summed E-state index contributed by atoms with van der Waals surface area (Å²) in [4.78, 5) is 52.2. The van der Waals surface area contributed by atoms with E-state index in [0.717, 1.165) is 33.4 Å². The van der Waals surface area contributed by atoms with Gasteiger partial charge in [0.05, 0.1) is 69.2 Å². The van der Waals surface area contributed by atoms with Crippen LogP contribution in [0, 0.1) is 57.8 Å². The van der Waals surface area contributed by atoms with E-state index in [2.05, 4.69) is 33.5 Å². The molecule has 1 aromatic carbocycles. The zero-order valence-electron chi connectivity index (χ0n) is 45.1. The Morgan fingerprint density at radius 3 is 2.24 bits per heavy atom. The molecule has 414 valence electrons. The molecular weight excluding hydrogens is 1040 g/mol. The van der Waals surface area contributed by atoms with Gasteiger partial charge in [-0.1, -0.05) is 64.1 Å². The van der Waals surface area contributed by atoms with Crippen molar-refractivity contribution in [2.45, 2.75) is 165 Å². The number of aromatic nitrogens is 1. The molecule has 3 fully saturated rings. The van der Waals surface area contributed by atoms with E-state index in [1.54, 1.807) is 35.4 Å². The molecule has 18 nitrogen and oxygen atoms in total. The highest BCUT2D eigenvalue weighted by Crippen LogP contribution is 2.48. The number of amides is 1. The van der Waals surface area contributed by atoms with Gasteiger partial charge in [-0.3, -0.25) is 24.7 Å². The highest BCUT2D eigenvalue weighted by Gasteiger charge is 2.43. The molecule has 21 heteroatoms. The summed E-state index contributed by atoms with van der Waals surface area (Å²) in [6.07, 6.45) is 6.92. The molecule has 4 aliphatic rings. The molecule has 4 heterocycles. The van der Waals surface area contributed by atoms with Crippen LogP contribution in [0.2, 0.25) is 0 Å². The van der Waals surface area contributed by atoms with E-state index in [4.69, 9.17) is 53.9 Å². The summed E-state index contributed by atoms with van der Waals surface area (Å²) in [5.74, 6) is 9.17. The third-order valence-electron chi connectivity index (χ3n) is 13.7. The molecule has 2 aromatic rings. The molecule has 1 aliphatic carbocycles. The second-order valence-corrected chi connectivity index (χ2v) is 22.5. The van der Waals surface area contributed by atoms with Crippen molar-refractivity contribution in [3.8, 4) is 41.4 Å². The molecule has 3 aliphatic heterocycles. The average molecular weight is 1110 g/mol. The minimum absolute atomic E-state index is 0.00594. The van der Waals surface area contributed by atoms with E-state index in [-0.39, 0.29) is 58.5 Å². The van der Waals surface area contributed by atoms with Crippen LogP contribution in [0.3, 0.4) is 0 Å². The van der Waals surface area contributed by atoms with Gasteiger partial charge in [0, 0.05) is 66.7 Å². The Hall–Kier alpha value is -4.59. The third kappa shape index (κ3) is 14.7. The molecular formula is C55H71N3O15S3.